The number of rotatable bonds is 6. The van der Waals surface area contributed by atoms with E-state index in [1.54, 1.807) is 0 Å². The van der Waals surface area contributed by atoms with Crippen molar-refractivity contribution in [2.45, 2.75) is 18.6 Å². The molecule has 3 rings (SSSR count). The maximum absolute atomic E-state index is 12.0. The quantitative estimate of drug-likeness (QED) is 0.746. The molecule has 2 aromatic heterocycles. The summed E-state index contributed by atoms with van der Waals surface area (Å²) in [5.41, 5.74) is 1.81. The van der Waals surface area contributed by atoms with Crippen molar-refractivity contribution in [3.05, 3.63) is 48.2 Å². The van der Waals surface area contributed by atoms with E-state index in [0.29, 0.717) is 17.2 Å². The van der Waals surface area contributed by atoms with Gasteiger partial charge < -0.3 is 8.94 Å². The fraction of sp³-hybridized carbons (Fsp3) is 0.286. The lowest BCUT2D eigenvalue weighted by Crippen LogP contribution is -2.29. The fourth-order valence-corrected chi connectivity index (χ4v) is 3.14. The number of benzene rings is 1. The van der Waals surface area contributed by atoms with Crippen LogP contribution >= 0.6 is 0 Å². The topological polar surface area (TPSA) is 98.2 Å². The Kier molecular flexibility index (Phi) is 3.95. The Morgan fingerprint density at radius 3 is 2.82 bits per heavy atom. The Labute approximate surface area is 127 Å². The van der Waals surface area contributed by atoms with Gasteiger partial charge in [-0.05, 0) is 12.1 Å². The van der Waals surface area contributed by atoms with Crippen LogP contribution in [0.1, 0.15) is 24.4 Å². The minimum atomic E-state index is -3.48. The standard InChI is InChI=1S/C14H15N3O4S/c1-10(14-16-12-4-2-3-5-13(12)21-14)8-15-22(18,19)9-11-6-7-20-17-11/h2-7,10,15H,8-9H2,1H3. The van der Waals surface area contributed by atoms with Crippen LogP contribution in [0.3, 0.4) is 0 Å². The first-order valence-electron chi connectivity index (χ1n) is 6.75. The Morgan fingerprint density at radius 2 is 2.09 bits per heavy atom. The van der Waals surface area contributed by atoms with E-state index in [1.807, 2.05) is 31.2 Å². The minimum absolute atomic E-state index is 0.181. The summed E-state index contributed by atoms with van der Waals surface area (Å²) in [7, 11) is -3.48. The summed E-state index contributed by atoms with van der Waals surface area (Å²) in [6, 6.07) is 8.93. The van der Waals surface area contributed by atoms with Crippen LogP contribution in [0, 0.1) is 0 Å². The molecule has 0 fully saturated rings. The van der Waals surface area contributed by atoms with Crippen LogP contribution in [0.5, 0.6) is 0 Å². The van der Waals surface area contributed by atoms with Crippen molar-refractivity contribution in [2.24, 2.45) is 0 Å². The summed E-state index contributed by atoms with van der Waals surface area (Å²) in [5, 5.41) is 3.59. The molecule has 0 spiro atoms. The lowest BCUT2D eigenvalue weighted by Gasteiger charge is -2.09. The molecule has 1 atom stereocenters. The van der Waals surface area contributed by atoms with Crippen LogP contribution in [0.25, 0.3) is 11.1 Å². The lowest BCUT2D eigenvalue weighted by molar-refractivity contribution is 0.413. The molecule has 3 aromatic rings. The van der Waals surface area contributed by atoms with E-state index < -0.39 is 10.0 Å². The minimum Gasteiger partial charge on any atom is -0.440 e. The second-order valence-electron chi connectivity index (χ2n) is 5.02. The van der Waals surface area contributed by atoms with Crippen molar-refractivity contribution < 1.29 is 17.4 Å². The molecule has 0 saturated carbocycles. The van der Waals surface area contributed by atoms with E-state index in [-0.39, 0.29) is 18.2 Å². The molecule has 116 valence electrons. The monoisotopic (exact) mass is 321 g/mol. The van der Waals surface area contributed by atoms with Gasteiger partial charge in [0.2, 0.25) is 10.0 Å². The number of oxazole rings is 1. The van der Waals surface area contributed by atoms with Crippen molar-refractivity contribution in [1.82, 2.24) is 14.9 Å². The molecule has 8 heteroatoms. The highest BCUT2D eigenvalue weighted by molar-refractivity contribution is 7.88. The molecule has 7 nitrogen and oxygen atoms in total. The second kappa shape index (κ2) is 5.90. The van der Waals surface area contributed by atoms with Gasteiger partial charge in [0.25, 0.3) is 0 Å². The highest BCUT2D eigenvalue weighted by Gasteiger charge is 2.18. The predicted octanol–water partition coefficient (Wildman–Crippen LogP) is 2.04. The summed E-state index contributed by atoms with van der Waals surface area (Å²) in [4.78, 5) is 4.36. The lowest BCUT2D eigenvalue weighted by atomic mass is 10.2. The number of fused-ring (bicyclic) bond motifs is 1. The van der Waals surface area contributed by atoms with Crippen LogP contribution in [-0.2, 0) is 15.8 Å². The average Bonchev–Trinajstić information content (AvgIpc) is 3.13. The van der Waals surface area contributed by atoms with Crippen LogP contribution in [0.4, 0.5) is 0 Å². The molecule has 0 amide bonds. The Balaban J connectivity index is 1.65. The van der Waals surface area contributed by atoms with Gasteiger partial charge in [-0.2, -0.15) is 0 Å². The molecule has 22 heavy (non-hydrogen) atoms. The summed E-state index contributed by atoms with van der Waals surface area (Å²) >= 11 is 0. The summed E-state index contributed by atoms with van der Waals surface area (Å²) in [6.45, 7) is 2.05. The molecular formula is C14H15N3O4S. The summed E-state index contributed by atoms with van der Waals surface area (Å²) in [6.07, 6.45) is 1.34. The molecule has 0 aliphatic heterocycles. The molecule has 0 aliphatic carbocycles. The van der Waals surface area contributed by atoms with Crippen molar-refractivity contribution >= 4 is 21.1 Å². The number of hydrogen-bond acceptors (Lipinski definition) is 6. The number of nitrogens with one attached hydrogen (secondary N) is 1. The number of hydrogen-bond donors (Lipinski definition) is 1. The van der Waals surface area contributed by atoms with Gasteiger partial charge >= 0.3 is 0 Å². The van der Waals surface area contributed by atoms with Gasteiger partial charge in [-0.25, -0.2) is 18.1 Å². The normalized spacial score (nSPS) is 13.5. The van der Waals surface area contributed by atoms with Crippen molar-refractivity contribution in [3.63, 3.8) is 0 Å². The largest absolute Gasteiger partial charge is 0.440 e. The smallest absolute Gasteiger partial charge is 0.217 e. The summed E-state index contributed by atoms with van der Waals surface area (Å²) < 4.78 is 36.7. The van der Waals surface area contributed by atoms with Crippen molar-refractivity contribution in [2.75, 3.05) is 6.54 Å². The number of aromatic nitrogens is 2. The SMILES string of the molecule is CC(CNS(=O)(=O)Cc1ccon1)c1nc2ccccc2o1. The molecule has 1 unspecified atom stereocenters. The van der Waals surface area contributed by atoms with E-state index in [1.165, 1.54) is 12.3 Å². The third-order valence-corrected chi connectivity index (χ3v) is 4.45. The van der Waals surface area contributed by atoms with Crippen molar-refractivity contribution in [3.8, 4) is 0 Å². The van der Waals surface area contributed by atoms with Gasteiger partial charge in [0.05, 0.1) is 5.69 Å². The number of para-hydroxylation sites is 2. The van der Waals surface area contributed by atoms with E-state index in [9.17, 15) is 8.42 Å². The summed E-state index contributed by atoms with van der Waals surface area (Å²) in [5.74, 6) is 0.105. The zero-order chi connectivity index (χ0) is 15.6. The number of nitrogens with zero attached hydrogens (tertiary/aromatic N) is 2. The van der Waals surface area contributed by atoms with Crippen LogP contribution in [0.15, 0.2) is 45.5 Å². The first kappa shape index (κ1) is 14.7. The van der Waals surface area contributed by atoms with Gasteiger partial charge in [0, 0.05) is 18.5 Å². The number of sulfonamides is 1. The van der Waals surface area contributed by atoms with E-state index in [2.05, 4.69) is 19.4 Å². The third kappa shape index (κ3) is 3.34. The Morgan fingerprint density at radius 1 is 1.27 bits per heavy atom. The average molecular weight is 321 g/mol. The molecule has 2 heterocycles. The fourth-order valence-electron chi connectivity index (χ4n) is 2.00. The van der Waals surface area contributed by atoms with Gasteiger partial charge in [-0.15, -0.1) is 0 Å². The van der Waals surface area contributed by atoms with Crippen LogP contribution < -0.4 is 4.72 Å². The third-order valence-electron chi connectivity index (χ3n) is 3.17. The van der Waals surface area contributed by atoms with Gasteiger partial charge in [-0.3, -0.25) is 0 Å². The predicted molar refractivity (Wildman–Crippen MR) is 79.6 cm³/mol. The molecule has 0 bridgehead atoms. The first-order valence-corrected chi connectivity index (χ1v) is 8.41. The highest BCUT2D eigenvalue weighted by Crippen LogP contribution is 2.20. The first-order chi connectivity index (χ1) is 10.5. The van der Waals surface area contributed by atoms with Gasteiger partial charge in [0.1, 0.15) is 17.5 Å². The molecule has 0 saturated heterocycles. The molecule has 0 radical (unpaired) electrons. The zero-order valence-electron chi connectivity index (χ0n) is 11.9. The van der Waals surface area contributed by atoms with E-state index in [4.69, 9.17) is 4.42 Å². The molecule has 0 aliphatic rings. The molecule has 1 N–H and O–H groups in total. The van der Waals surface area contributed by atoms with Gasteiger partial charge in [0.15, 0.2) is 11.5 Å². The van der Waals surface area contributed by atoms with E-state index in [0.717, 1.165) is 5.52 Å². The van der Waals surface area contributed by atoms with Gasteiger partial charge in [-0.1, -0.05) is 24.2 Å². The maximum atomic E-state index is 12.0. The molecule has 1 aromatic carbocycles. The van der Waals surface area contributed by atoms with E-state index >= 15 is 0 Å². The zero-order valence-corrected chi connectivity index (χ0v) is 12.7. The Bertz CT molecular complexity index is 822. The van der Waals surface area contributed by atoms with Crippen LogP contribution in [0.2, 0.25) is 0 Å². The highest BCUT2D eigenvalue weighted by atomic mass is 32.2. The maximum Gasteiger partial charge on any atom is 0.217 e. The Hall–Kier alpha value is -2.19. The second-order valence-corrected chi connectivity index (χ2v) is 6.83. The van der Waals surface area contributed by atoms with Crippen LogP contribution in [-0.4, -0.2) is 25.1 Å². The van der Waals surface area contributed by atoms with Crippen molar-refractivity contribution in [1.29, 1.82) is 0 Å². The molecular weight excluding hydrogens is 306 g/mol.